The average molecular weight is 335 g/mol. The molecule has 1 fully saturated rings. The first-order valence-electron chi connectivity index (χ1n) is 8.17. The predicted molar refractivity (Wildman–Crippen MR) is 94.4 cm³/mol. The molecular formula is C17H25N3O2S. The van der Waals surface area contributed by atoms with Crippen molar-refractivity contribution in [1.29, 1.82) is 0 Å². The average Bonchev–Trinajstić information content (AvgIpc) is 2.88. The van der Waals surface area contributed by atoms with Crippen LogP contribution in [0.15, 0.2) is 18.2 Å². The molecule has 23 heavy (non-hydrogen) atoms. The molecule has 3 atom stereocenters. The maximum Gasteiger partial charge on any atom is 0.121 e. The summed E-state index contributed by atoms with van der Waals surface area (Å²) in [5.74, 6) is 0.767. The zero-order chi connectivity index (χ0) is 16.4. The summed E-state index contributed by atoms with van der Waals surface area (Å²) in [4.78, 5) is 6.82. The van der Waals surface area contributed by atoms with Crippen molar-refractivity contribution >= 4 is 21.6 Å². The lowest BCUT2D eigenvalue weighted by Crippen LogP contribution is -2.57. The maximum atomic E-state index is 10.3. The van der Waals surface area contributed by atoms with E-state index < -0.39 is 6.10 Å². The second-order valence-corrected chi connectivity index (χ2v) is 7.62. The maximum absolute atomic E-state index is 10.3. The SMILES string of the molecule is Cc1nc2cc(OCC(O)CN3C(C)CNCC3C)ccc2s1. The normalized spacial score (nSPS) is 24.0. The van der Waals surface area contributed by atoms with Crippen molar-refractivity contribution in [3.8, 4) is 5.75 Å². The van der Waals surface area contributed by atoms with Crippen LogP contribution >= 0.6 is 11.3 Å². The molecule has 2 heterocycles. The Morgan fingerprint density at radius 3 is 2.87 bits per heavy atom. The van der Waals surface area contributed by atoms with Crippen LogP contribution in [-0.4, -0.2) is 59.4 Å². The van der Waals surface area contributed by atoms with Gasteiger partial charge in [-0.3, -0.25) is 4.90 Å². The number of nitrogens with zero attached hydrogens (tertiary/aromatic N) is 2. The molecule has 1 aliphatic heterocycles. The molecule has 1 aromatic heterocycles. The minimum atomic E-state index is -0.495. The highest BCUT2D eigenvalue weighted by Gasteiger charge is 2.26. The van der Waals surface area contributed by atoms with Crippen LogP contribution in [0, 0.1) is 6.92 Å². The van der Waals surface area contributed by atoms with Gasteiger partial charge < -0.3 is 15.2 Å². The molecule has 0 radical (unpaired) electrons. The minimum absolute atomic E-state index is 0.304. The first-order valence-corrected chi connectivity index (χ1v) is 8.99. The quantitative estimate of drug-likeness (QED) is 0.875. The van der Waals surface area contributed by atoms with Crippen LogP contribution in [0.2, 0.25) is 0 Å². The molecular weight excluding hydrogens is 310 g/mol. The van der Waals surface area contributed by atoms with Crippen LogP contribution in [0.3, 0.4) is 0 Å². The Labute approximate surface area is 141 Å². The van der Waals surface area contributed by atoms with Crippen molar-refractivity contribution in [1.82, 2.24) is 15.2 Å². The zero-order valence-electron chi connectivity index (χ0n) is 14.0. The van der Waals surface area contributed by atoms with Crippen LogP contribution in [0.1, 0.15) is 18.9 Å². The number of hydrogen-bond donors (Lipinski definition) is 2. The number of rotatable bonds is 5. The summed E-state index contributed by atoms with van der Waals surface area (Å²) < 4.78 is 6.94. The highest BCUT2D eigenvalue weighted by atomic mass is 32.1. The van der Waals surface area contributed by atoms with E-state index in [0.717, 1.165) is 29.4 Å². The summed E-state index contributed by atoms with van der Waals surface area (Å²) in [6, 6.07) is 6.79. The van der Waals surface area contributed by atoms with Crippen molar-refractivity contribution in [3.05, 3.63) is 23.2 Å². The number of nitrogens with one attached hydrogen (secondary N) is 1. The molecule has 2 aromatic rings. The number of hydrogen-bond acceptors (Lipinski definition) is 6. The summed E-state index contributed by atoms with van der Waals surface area (Å²) in [5, 5.41) is 14.8. The van der Waals surface area contributed by atoms with Gasteiger partial charge in [-0.15, -0.1) is 11.3 Å². The third-order valence-electron chi connectivity index (χ3n) is 4.34. The molecule has 6 heteroatoms. The van der Waals surface area contributed by atoms with Gasteiger partial charge in [0.15, 0.2) is 0 Å². The summed E-state index contributed by atoms with van der Waals surface area (Å²) in [6.45, 7) is 9.27. The van der Waals surface area contributed by atoms with Gasteiger partial charge in [-0.25, -0.2) is 4.98 Å². The number of benzene rings is 1. The van der Waals surface area contributed by atoms with Gasteiger partial charge in [-0.05, 0) is 32.9 Å². The van der Waals surface area contributed by atoms with Crippen LogP contribution in [-0.2, 0) is 0 Å². The summed E-state index contributed by atoms with van der Waals surface area (Å²) in [7, 11) is 0. The third-order valence-corrected chi connectivity index (χ3v) is 5.29. The topological polar surface area (TPSA) is 57.6 Å². The van der Waals surface area contributed by atoms with Crippen molar-refractivity contribution in [2.75, 3.05) is 26.2 Å². The number of aliphatic hydroxyl groups is 1. The highest BCUT2D eigenvalue weighted by molar-refractivity contribution is 7.18. The van der Waals surface area contributed by atoms with Gasteiger partial charge in [0.05, 0.1) is 15.2 Å². The number of aryl methyl sites for hydroxylation is 1. The second-order valence-electron chi connectivity index (χ2n) is 6.38. The Balaban J connectivity index is 1.55. The van der Waals surface area contributed by atoms with Crippen molar-refractivity contribution in [2.45, 2.75) is 39.0 Å². The lowest BCUT2D eigenvalue weighted by molar-refractivity contribution is 0.0267. The number of thiazole rings is 1. The molecule has 5 nitrogen and oxygen atoms in total. The molecule has 3 rings (SSSR count). The molecule has 1 saturated heterocycles. The molecule has 1 aromatic carbocycles. The van der Waals surface area contributed by atoms with Gasteiger partial charge in [-0.2, -0.15) is 0 Å². The molecule has 0 spiro atoms. The van der Waals surface area contributed by atoms with Gasteiger partial charge in [0.25, 0.3) is 0 Å². The Bertz CT molecular complexity index is 650. The van der Waals surface area contributed by atoms with E-state index in [-0.39, 0.29) is 0 Å². The monoisotopic (exact) mass is 335 g/mol. The van der Waals surface area contributed by atoms with E-state index in [0.29, 0.717) is 25.2 Å². The van der Waals surface area contributed by atoms with Crippen molar-refractivity contribution in [2.24, 2.45) is 0 Å². The lowest BCUT2D eigenvalue weighted by Gasteiger charge is -2.40. The van der Waals surface area contributed by atoms with E-state index >= 15 is 0 Å². The fraction of sp³-hybridized carbons (Fsp3) is 0.588. The third kappa shape index (κ3) is 4.01. The lowest BCUT2D eigenvalue weighted by atomic mass is 10.1. The number of aliphatic hydroxyl groups excluding tert-OH is 1. The molecule has 0 amide bonds. The van der Waals surface area contributed by atoms with E-state index in [9.17, 15) is 5.11 Å². The van der Waals surface area contributed by atoms with Crippen LogP contribution in [0.5, 0.6) is 5.75 Å². The molecule has 2 N–H and O–H groups in total. The van der Waals surface area contributed by atoms with E-state index in [1.807, 2.05) is 25.1 Å². The largest absolute Gasteiger partial charge is 0.491 e. The van der Waals surface area contributed by atoms with Gasteiger partial charge in [0.1, 0.15) is 18.5 Å². The molecule has 126 valence electrons. The van der Waals surface area contributed by atoms with E-state index in [4.69, 9.17) is 4.74 Å². The number of piperazine rings is 1. The summed E-state index contributed by atoms with van der Waals surface area (Å²) in [6.07, 6.45) is -0.495. The van der Waals surface area contributed by atoms with Gasteiger partial charge in [-0.1, -0.05) is 0 Å². The van der Waals surface area contributed by atoms with Crippen molar-refractivity contribution in [3.63, 3.8) is 0 Å². The molecule has 0 bridgehead atoms. The van der Waals surface area contributed by atoms with Crippen LogP contribution < -0.4 is 10.1 Å². The highest BCUT2D eigenvalue weighted by Crippen LogP contribution is 2.25. The summed E-state index contributed by atoms with van der Waals surface area (Å²) in [5.41, 5.74) is 0.962. The van der Waals surface area contributed by atoms with E-state index in [1.165, 1.54) is 4.70 Å². The van der Waals surface area contributed by atoms with Crippen molar-refractivity contribution < 1.29 is 9.84 Å². The Morgan fingerprint density at radius 2 is 2.13 bits per heavy atom. The Hall–Kier alpha value is -1.21. The number of ether oxygens (including phenoxy) is 1. The fourth-order valence-corrected chi connectivity index (χ4v) is 3.94. The number of aromatic nitrogens is 1. The summed E-state index contributed by atoms with van der Waals surface area (Å²) >= 11 is 1.68. The van der Waals surface area contributed by atoms with Crippen LogP contribution in [0.4, 0.5) is 0 Å². The van der Waals surface area contributed by atoms with Crippen LogP contribution in [0.25, 0.3) is 10.2 Å². The standard InChI is InChI=1S/C17H25N3O2S/c1-11-7-18-8-12(2)20(11)9-14(21)10-22-15-4-5-17-16(6-15)19-13(3)23-17/h4-6,11-12,14,18,21H,7-10H2,1-3H3. The Kier molecular flexibility index (Phi) is 5.16. The molecule has 1 aliphatic rings. The molecule has 0 aliphatic carbocycles. The number of β-amino-alcohol motifs (C(OH)–C–C–N with tert-alkyl or cyclic N) is 1. The number of fused-ring (bicyclic) bond motifs is 1. The molecule has 0 saturated carbocycles. The molecule has 3 unspecified atom stereocenters. The predicted octanol–water partition coefficient (Wildman–Crippen LogP) is 2.03. The second kappa shape index (κ2) is 7.13. The first kappa shape index (κ1) is 16.6. The van der Waals surface area contributed by atoms with Gasteiger partial charge in [0.2, 0.25) is 0 Å². The minimum Gasteiger partial charge on any atom is -0.491 e. The van der Waals surface area contributed by atoms with Gasteiger partial charge in [0, 0.05) is 37.8 Å². The smallest absolute Gasteiger partial charge is 0.121 e. The Morgan fingerprint density at radius 1 is 1.39 bits per heavy atom. The van der Waals surface area contributed by atoms with E-state index in [1.54, 1.807) is 11.3 Å². The fourth-order valence-electron chi connectivity index (χ4n) is 3.13. The van der Waals surface area contributed by atoms with Gasteiger partial charge >= 0.3 is 0 Å². The first-order chi connectivity index (χ1) is 11.0. The van der Waals surface area contributed by atoms with E-state index in [2.05, 4.69) is 29.0 Å². The zero-order valence-corrected chi connectivity index (χ0v) is 14.8.